The Hall–Kier alpha value is -2.52. The number of rotatable bonds is 6. The summed E-state index contributed by atoms with van der Waals surface area (Å²) in [7, 11) is 1.85. The van der Waals surface area contributed by atoms with Crippen molar-refractivity contribution in [3.63, 3.8) is 0 Å². The van der Waals surface area contributed by atoms with Crippen molar-refractivity contribution in [1.29, 1.82) is 5.26 Å². The van der Waals surface area contributed by atoms with Crippen LogP contribution < -0.4 is 10.1 Å². The minimum absolute atomic E-state index is 0.154. The number of nitrogens with zero attached hydrogens (tertiary/aromatic N) is 3. The van der Waals surface area contributed by atoms with Crippen LogP contribution in [-0.4, -0.2) is 34.1 Å². The lowest BCUT2D eigenvalue weighted by Gasteiger charge is -2.13. The summed E-state index contributed by atoms with van der Waals surface area (Å²) < 4.78 is 7.19. The maximum Gasteiger partial charge on any atom is 0.120 e. The van der Waals surface area contributed by atoms with Crippen molar-refractivity contribution in [3.05, 3.63) is 41.7 Å². The Balaban J connectivity index is 1.81. The van der Waals surface area contributed by atoms with E-state index in [9.17, 15) is 5.11 Å². The number of anilines is 1. The van der Waals surface area contributed by atoms with Gasteiger partial charge in [-0.25, -0.2) is 0 Å². The largest absolute Gasteiger partial charge is 0.491 e. The molecule has 1 atom stereocenters. The van der Waals surface area contributed by atoms with Crippen LogP contribution in [0.4, 0.5) is 5.69 Å². The highest BCUT2D eigenvalue weighted by atomic mass is 16.5. The Labute approximate surface area is 123 Å². The molecule has 0 amide bonds. The molecule has 6 heteroatoms. The van der Waals surface area contributed by atoms with Gasteiger partial charge in [0.2, 0.25) is 0 Å². The predicted octanol–water partition coefficient (Wildman–Crippen LogP) is 1.45. The molecule has 21 heavy (non-hydrogen) atoms. The quantitative estimate of drug-likeness (QED) is 0.840. The molecular formula is C15H18N4O2. The lowest BCUT2D eigenvalue weighted by Crippen LogP contribution is -2.26. The minimum Gasteiger partial charge on any atom is -0.491 e. The smallest absolute Gasteiger partial charge is 0.120 e. The van der Waals surface area contributed by atoms with E-state index in [1.807, 2.05) is 26.2 Å². The van der Waals surface area contributed by atoms with E-state index in [-0.39, 0.29) is 6.61 Å². The van der Waals surface area contributed by atoms with Crippen LogP contribution in [0.3, 0.4) is 0 Å². The Kier molecular flexibility index (Phi) is 4.80. The Morgan fingerprint density at radius 2 is 2.33 bits per heavy atom. The summed E-state index contributed by atoms with van der Waals surface area (Å²) in [5, 5.41) is 26.1. The van der Waals surface area contributed by atoms with Crippen molar-refractivity contribution in [2.75, 3.05) is 18.5 Å². The molecule has 0 fully saturated rings. The average Bonchev–Trinajstić information content (AvgIpc) is 2.81. The SMILES string of the molecule is Cc1nn(C)cc1NCC(O)COc1cccc(C#N)c1. The molecule has 0 bridgehead atoms. The predicted molar refractivity (Wildman–Crippen MR) is 79.1 cm³/mol. The molecule has 2 aromatic rings. The normalized spacial score (nSPS) is 11.7. The van der Waals surface area contributed by atoms with Gasteiger partial charge in [-0.1, -0.05) is 6.07 Å². The van der Waals surface area contributed by atoms with Crippen molar-refractivity contribution >= 4 is 5.69 Å². The fraction of sp³-hybridized carbons (Fsp3) is 0.333. The van der Waals surface area contributed by atoms with Crippen molar-refractivity contribution < 1.29 is 9.84 Å². The maximum absolute atomic E-state index is 9.92. The van der Waals surface area contributed by atoms with Crippen LogP contribution in [0.1, 0.15) is 11.3 Å². The highest BCUT2D eigenvalue weighted by molar-refractivity contribution is 5.45. The van der Waals surface area contributed by atoms with Gasteiger partial charge in [0.15, 0.2) is 0 Å². The monoisotopic (exact) mass is 286 g/mol. The first-order chi connectivity index (χ1) is 10.1. The second kappa shape index (κ2) is 6.77. The number of ether oxygens (including phenoxy) is 1. The molecule has 2 N–H and O–H groups in total. The Morgan fingerprint density at radius 3 is 3.00 bits per heavy atom. The van der Waals surface area contributed by atoms with Crippen LogP contribution in [0.2, 0.25) is 0 Å². The van der Waals surface area contributed by atoms with E-state index < -0.39 is 6.10 Å². The number of aliphatic hydroxyl groups excluding tert-OH is 1. The van der Waals surface area contributed by atoms with Crippen molar-refractivity contribution in [2.45, 2.75) is 13.0 Å². The zero-order valence-electron chi connectivity index (χ0n) is 12.1. The maximum atomic E-state index is 9.92. The van der Waals surface area contributed by atoms with E-state index in [0.29, 0.717) is 17.9 Å². The molecule has 1 unspecified atom stereocenters. The highest BCUT2D eigenvalue weighted by Crippen LogP contribution is 2.14. The van der Waals surface area contributed by atoms with Gasteiger partial charge in [-0.3, -0.25) is 4.68 Å². The van der Waals surface area contributed by atoms with Gasteiger partial charge in [0.25, 0.3) is 0 Å². The second-order valence-electron chi connectivity index (χ2n) is 4.79. The molecule has 0 aliphatic rings. The molecule has 1 aromatic heterocycles. The third-order valence-electron chi connectivity index (χ3n) is 2.95. The average molecular weight is 286 g/mol. The topological polar surface area (TPSA) is 83.1 Å². The number of hydrogen-bond acceptors (Lipinski definition) is 5. The molecule has 0 aliphatic heterocycles. The van der Waals surface area contributed by atoms with Crippen LogP contribution >= 0.6 is 0 Å². The van der Waals surface area contributed by atoms with E-state index in [1.165, 1.54) is 0 Å². The van der Waals surface area contributed by atoms with Gasteiger partial charge in [-0.05, 0) is 25.1 Å². The summed E-state index contributed by atoms with van der Waals surface area (Å²) >= 11 is 0. The number of nitriles is 1. The van der Waals surface area contributed by atoms with E-state index in [1.54, 1.807) is 28.9 Å². The summed E-state index contributed by atoms with van der Waals surface area (Å²) in [5.74, 6) is 0.575. The van der Waals surface area contributed by atoms with Gasteiger partial charge in [0.1, 0.15) is 18.5 Å². The fourth-order valence-electron chi connectivity index (χ4n) is 1.91. The first kappa shape index (κ1) is 14.9. The van der Waals surface area contributed by atoms with E-state index in [0.717, 1.165) is 11.4 Å². The van der Waals surface area contributed by atoms with Gasteiger partial charge < -0.3 is 15.2 Å². The number of aliphatic hydroxyl groups is 1. The number of aryl methyl sites for hydroxylation is 2. The van der Waals surface area contributed by atoms with E-state index in [4.69, 9.17) is 10.00 Å². The Bertz CT molecular complexity index is 645. The van der Waals surface area contributed by atoms with Gasteiger partial charge in [-0.2, -0.15) is 10.4 Å². The van der Waals surface area contributed by atoms with Crippen molar-refractivity contribution in [3.8, 4) is 11.8 Å². The highest BCUT2D eigenvalue weighted by Gasteiger charge is 2.08. The van der Waals surface area contributed by atoms with Gasteiger partial charge in [0, 0.05) is 19.8 Å². The first-order valence-electron chi connectivity index (χ1n) is 6.63. The van der Waals surface area contributed by atoms with Crippen molar-refractivity contribution in [2.24, 2.45) is 7.05 Å². The van der Waals surface area contributed by atoms with Gasteiger partial charge >= 0.3 is 0 Å². The summed E-state index contributed by atoms with van der Waals surface area (Å²) in [6, 6.07) is 8.90. The number of nitrogens with one attached hydrogen (secondary N) is 1. The molecular weight excluding hydrogens is 268 g/mol. The molecule has 1 aromatic carbocycles. The minimum atomic E-state index is -0.657. The summed E-state index contributed by atoms with van der Waals surface area (Å²) in [6.07, 6.45) is 1.20. The molecule has 110 valence electrons. The summed E-state index contributed by atoms with van der Waals surface area (Å²) in [4.78, 5) is 0. The van der Waals surface area contributed by atoms with Crippen LogP contribution in [0.25, 0.3) is 0 Å². The van der Waals surface area contributed by atoms with Crippen LogP contribution in [0.15, 0.2) is 30.5 Å². The lowest BCUT2D eigenvalue weighted by atomic mass is 10.2. The van der Waals surface area contributed by atoms with Crippen LogP contribution in [-0.2, 0) is 7.05 Å². The number of aromatic nitrogens is 2. The second-order valence-corrected chi connectivity index (χ2v) is 4.79. The fourth-order valence-corrected chi connectivity index (χ4v) is 1.91. The Morgan fingerprint density at radius 1 is 1.52 bits per heavy atom. The van der Waals surface area contributed by atoms with Crippen molar-refractivity contribution in [1.82, 2.24) is 9.78 Å². The molecule has 0 saturated carbocycles. The lowest BCUT2D eigenvalue weighted by molar-refractivity contribution is 0.117. The third-order valence-corrected chi connectivity index (χ3v) is 2.95. The van der Waals surface area contributed by atoms with Crippen LogP contribution in [0.5, 0.6) is 5.75 Å². The molecule has 0 aliphatic carbocycles. The zero-order valence-corrected chi connectivity index (χ0v) is 12.1. The molecule has 6 nitrogen and oxygen atoms in total. The molecule has 2 rings (SSSR count). The third kappa shape index (κ3) is 4.23. The standard InChI is InChI=1S/C15H18N4O2/c1-11-15(9-19(2)18-11)17-8-13(20)10-21-14-5-3-4-12(6-14)7-16/h3-6,9,13,17,20H,8,10H2,1-2H3. The van der Waals surface area contributed by atoms with E-state index >= 15 is 0 Å². The number of hydrogen-bond donors (Lipinski definition) is 2. The summed E-state index contributed by atoms with van der Waals surface area (Å²) in [5.41, 5.74) is 2.31. The van der Waals surface area contributed by atoms with Gasteiger partial charge in [0.05, 0.1) is 23.0 Å². The van der Waals surface area contributed by atoms with E-state index in [2.05, 4.69) is 10.4 Å². The molecule has 0 saturated heterocycles. The van der Waals surface area contributed by atoms with Gasteiger partial charge in [-0.15, -0.1) is 0 Å². The van der Waals surface area contributed by atoms with Crippen LogP contribution in [0, 0.1) is 18.3 Å². The zero-order chi connectivity index (χ0) is 15.2. The molecule has 1 heterocycles. The summed E-state index contributed by atoms with van der Waals surface area (Å²) in [6.45, 7) is 2.42. The first-order valence-corrected chi connectivity index (χ1v) is 6.63. The molecule has 0 radical (unpaired) electrons. The molecule has 0 spiro atoms. The number of benzene rings is 1.